The van der Waals surface area contributed by atoms with Gasteiger partial charge in [-0.3, -0.25) is 4.79 Å². The lowest BCUT2D eigenvalue weighted by atomic mass is 9.95. The lowest BCUT2D eigenvalue weighted by Crippen LogP contribution is -2.35. The fraction of sp³-hybridized carbons (Fsp3) is 0.583. The van der Waals surface area contributed by atoms with Crippen molar-refractivity contribution in [1.29, 1.82) is 0 Å². The van der Waals surface area contributed by atoms with Gasteiger partial charge >= 0.3 is 5.97 Å². The third-order valence-electron chi connectivity index (χ3n) is 1.99. The van der Waals surface area contributed by atoms with Crippen molar-refractivity contribution in [2.24, 2.45) is 5.41 Å². The Bertz CT molecular complexity index is 265. The third kappa shape index (κ3) is 2.92. The van der Waals surface area contributed by atoms with Crippen LogP contribution in [-0.2, 0) is 9.53 Å². The predicted octanol–water partition coefficient (Wildman–Crippen LogP) is 2.54. The van der Waals surface area contributed by atoms with Crippen molar-refractivity contribution in [1.82, 2.24) is 0 Å². The first kappa shape index (κ1) is 12.8. The summed E-state index contributed by atoms with van der Waals surface area (Å²) in [5.41, 5.74) is -1.50. The van der Waals surface area contributed by atoms with Crippen LogP contribution in [0.4, 0.5) is 0 Å². The molecule has 0 amide bonds. The van der Waals surface area contributed by atoms with Crippen LogP contribution in [0, 0.1) is 17.8 Å². The molecule has 0 aromatic carbocycles. The topological polar surface area (TPSA) is 26.3 Å². The number of carbonyl (C=O) groups is 1. The first-order chi connectivity index (χ1) is 6.31. The fourth-order valence-corrected chi connectivity index (χ4v) is 0.767. The highest BCUT2D eigenvalue weighted by atomic mass is 16.6. The molecular formula is C12H18O2. The molecule has 0 aromatic heterocycles. The Morgan fingerprint density at radius 2 is 2.07 bits per heavy atom. The van der Waals surface area contributed by atoms with E-state index in [0.29, 0.717) is 6.42 Å². The van der Waals surface area contributed by atoms with Crippen molar-refractivity contribution < 1.29 is 9.53 Å². The summed E-state index contributed by atoms with van der Waals surface area (Å²) in [7, 11) is 0. The quantitative estimate of drug-likeness (QED) is 0.392. The lowest BCUT2D eigenvalue weighted by Gasteiger charge is -2.27. The molecular weight excluding hydrogens is 176 g/mol. The van der Waals surface area contributed by atoms with E-state index in [1.807, 2.05) is 6.92 Å². The van der Waals surface area contributed by atoms with Crippen LogP contribution in [0.3, 0.4) is 0 Å². The minimum atomic E-state index is -0.954. The number of ether oxygens (including phenoxy) is 1. The molecule has 0 aromatic rings. The number of rotatable bonds is 3. The van der Waals surface area contributed by atoms with Crippen LogP contribution in [0.1, 0.15) is 34.1 Å². The van der Waals surface area contributed by atoms with Crippen LogP contribution in [0.2, 0.25) is 0 Å². The zero-order valence-electron chi connectivity index (χ0n) is 9.39. The van der Waals surface area contributed by atoms with Crippen molar-refractivity contribution in [3.05, 3.63) is 12.7 Å². The predicted molar refractivity (Wildman–Crippen MR) is 57.6 cm³/mol. The Morgan fingerprint density at radius 3 is 2.29 bits per heavy atom. The fourth-order valence-electron chi connectivity index (χ4n) is 0.767. The summed E-state index contributed by atoms with van der Waals surface area (Å²) in [6.45, 7) is 10.8. The molecule has 0 aliphatic carbocycles. The molecule has 0 rings (SSSR count). The second kappa shape index (κ2) is 4.32. The van der Waals surface area contributed by atoms with Gasteiger partial charge in [0.05, 0.1) is 5.41 Å². The number of carbonyl (C=O) groups excluding carboxylic acids is 1. The summed E-state index contributed by atoms with van der Waals surface area (Å²) in [5.74, 6) is 2.15. The van der Waals surface area contributed by atoms with E-state index in [4.69, 9.17) is 11.2 Å². The van der Waals surface area contributed by atoms with Gasteiger partial charge in [-0.25, -0.2) is 0 Å². The number of hydrogen-bond acceptors (Lipinski definition) is 2. The standard InChI is InChI=1S/C12H18O2/c1-7-12(8-2,9-3)14-10(13)11(4,5)6/h1,8H,2,9H2,3-6H3. The molecule has 0 aliphatic heterocycles. The summed E-state index contributed by atoms with van der Waals surface area (Å²) >= 11 is 0. The van der Waals surface area contributed by atoms with Gasteiger partial charge in [0.2, 0.25) is 0 Å². The first-order valence-corrected chi connectivity index (χ1v) is 4.66. The van der Waals surface area contributed by atoms with E-state index < -0.39 is 11.0 Å². The maximum Gasteiger partial charge on any atom is 0.312 e. The highest BCUT2D eigenvalue weighted by Crippen LogP contribution is 2.23. The molecule has 0 spiro atoms. The summed E-state index contributed by atoms with van der Waals surface area (Å²) in [4.78, 5) is 11.6. The Morgan fingerprint density at radius 1 is 1.57 bits per heavy atom. The Hall–Kier alpha value is -1.23. The van der Waals surface area contributed by atoms with Gasteiger partial charge in [0, 0.05) is 0 Å². The summed E-state index contributed by atoms with van der Waals surface area (Å²) in [5, 5.41) is 0. The average Bonchev–Trinajstić information content (AvgIpc) is 2.12. The number of esters is 1. The van der Waals surface area contributed by atoms with E-state index in [2.05, 4.69) is 12.5 Å². The summed E-state index contributed by atoms with van der Waals surface area (Å²) in [6, 6.07) is 0. The van der Waals surface area contributed by atoms with Gasteiger partial charge in [-0.05, 0) is 33.3 Å². The molecule has 0 bridgehead atoms. The van der Waals surface area contributed by atoms with Gasteiger partial charge in [0.1, 0.15) is 0 Å². The van der Waals surface area contributed by atoms with Crippen molar-refractivity contribution in [2.75, 3.05) is 0 Å². The third-order valence-corrected chi connectivity index (χ3v) is 1.99. The second-order valence-corrected chi connectivity index (χ2v) is 4.23. The Labute approximate surface area is 86.3 Å². The highest BCUT2D eigenvalue weighted by molar-refractivity contribution is 5.76. The van der Waals surface area contributed by atoms with Crippen molar-refractivity contribution in [3.63, 3.8) is 0 Å². The molecule has 0 aliphatic rings. The van der Waals surface area contributed by atoms with Crippen molar-refractivity contribution in [3.8, 4) is 12.3 Å². The van der Waals surface area contributed by atoms with E-state index in [1.165, 1.54) is 6.08 Å². The van der Waals surface area contributed by atoms with Crippen LogP contribution in [-0.4, -0.2) is 11.6 Å². The van der Waals surface area contributed by atoms with E-state index in [1.54, 1.807) is 20.8 Å². The smallest absolute Gasteiger partial charge is 0.312 e. The van der Waals surface area contributed by atoms with Gasteiger partial charge in [0.15, 0.2) is 5.60 Å². The molecule has 0 heterocycles. The van der Waals surface area contributed by atoms with Gasteiger partial charge in [-0.15, -0.1) is 6.42 Å². The molecule has 14 heavy (non-hydrogen) atoms. The first-order valence-electron chi connectivity index (χ1n) is 4.66. The normalized spacial score (nSPS) is 15.1. The molecule has 0 saturated heterocycles. The van der Waals surface area contributed by atoms with Crippen molar-refractivity contribution in [2.45, 2.75) is 39.7 Å². The van der Waals surface area contributed by atoms with Gasteiger partial charge in [-0.1, -0.05) is 19.4 Å². The zero-order valence-corrected chi connectivity index (χ0v) is 9.39. The average molecular weight is 194 g/mol. The van der Waals surface area contributed by atoms with E-state index in [0.717, 1.165) is 0 Å². The van der Waals surface area contributed by atoms with Gasteiger partial charge in [-0.2, -0.15) is 0 Å². The second-order valence-electron chi connectivity index (χ2n) is 4.23. The molecule has 0 fully saturated rings. The molecule has 0 saturated carbocycles. The number of hydrogen-bond donors (Lipinski definition) is 0. The lowest BCUT2D eigenvalue weighted by molar-refractivity contribution is -0.160. The SMILES string of the molecule is C#CC(C=C)(CC)OC(=O)C(C)(C)C. The molecule has 78 valence electrons. The minimum absolute atomic E-state index is 0.308. The van der Waals surface area contributed by atoms with E-state index in [-0.39, 0.29) is 5.97 Å². The van der Waals surface area contributed by atoms with Crippen LogP contribution in [0.25, 0.3) is 0 Å². The summed E-state index contributed by atoms with van der Waals surface area (Å²) < 4.78 is 5.26. The minimum Gasteiger partial charge on any atom is -0.442 e. The van der Waals surface area contributed by atoms with Gasteiger partial charge < -0.3 is 4.74 Å². The maximum atomic E-state index is 11.6. The van der Waals surface area contributed by atoms with Crippen LogP contribution < -0.4 is 0 Å². The van der Waals surface area contributed by atoms with Gasteiger partial charge in [0.25, 0.3) is 0 Å². The molecule has 2 nitrogen and oxygen atoms in total. The number of terminal acetylenes is 1. The molecule has 0 radical (unpaired) electrons. The zero-order chi connectivity index (χ0) is 11.4. The molecule has 1 unspecified atom stereocenters. The molecule has 1 atom stereocenters. The maximum absolute atomic E-state index is 11.6. The van der Waals surface area contributed by atoms with Crippen LogP contribution >= 0.6 is 0 Å². The van der Waals surface area contributed by atoms with E-state index >= 15 is 0 Å². The largest absolute Gasteiger partial charge is 0.442 e. The summed E-state index contributed by atoms with van der Waals surface area (Å²) in [6.07, 6.45) is 7.36. The van der Waals surface area contributed by atoms with Crippen molar-refractivity contribution >= 4 is 5.97 Å². The van der Waals surface area contributed by atoms with Crippen LogP contribution in [0.15, 0.2) is 12.7 Å². The Kier molecular flexibility index (Phi) is 3.94. The highest BCUT2D eigenvalue weighted by Gasteiger charge is 2.32. The van der Waals surface area contributed by atoms with E-state index in [9.17, 15) is 4.79 Å². The van der Waals surface area contributed by atoms with Crippen LogP contribution in [0.5, 0.6) is 0 Å². The molecule has 2 heteroatoms. The Balaban J connectivity index is 4.73. The molecule has 0 N–H and O–H groups in total. The monoisotopic (exact) mass is 194 g/mol.